The second-order valence-electron chi connectivity index (χ2n) is 6.90. The molecule has 0 spiro atoms. The van der Waals surface area contributed by atoms with Gasteiger partial charge in [-0.1, -0.05) is 0 Å². The zero-order chi connectivity index (χ0) is 13.3. The minimum absolute atomic E-state index is 0.301. The molecule has 2 aliphatic rings. The number of alkyl carbamates (subject to hydrolysis) is 1. The highest BCUT2D eigenvalue weighted by atomic mass is 16.6. The number of nitrogens with one attached hydrogen (secondary N) is 1. The van der Waals surface area contributed by atoms with Gasteiger partial charge in [-0.2, -0.15) is 0 Å². The number of carbonyl (C=O) groups is 1. The summed E-state index contributed by atoms with van der Waals surface area (Å²) in [6, 6.07) is 0.405. The molecular formula is C14H26N2O2. The average molecular weight is 254 g/mol. The van der Waals surface area contributed by atoms with Gasteiger partial charge in [0.25, 0.3) is 0 Å². The molecule has 0 aromatic heterocycles. The lowest BCUT2D eigenvalue weighted by molar-refractivity contribution is 0.0509. The lowest BCUT2D eigenvalue weighted by Gasteiger charge is -2.33. The molecule has 0 aromatic rings. The topological polar surface area (TPSA) is 64.3 Å². The number of fused-ring (bicyclic) bond motifs is 2. The van der Waals surface area contributed by atoms with Crippen LogP contribution in [0.15, 0.2) is 0 Å². The second-order valence-corrected chi connectivity index (χ2v) is 6.90. The van der Waals surface area contributed by atoms with Crippen LogP contribution in [0, 0.1) is 17.8 Å². The van der Waals surface area contributed by atoms with Crippen molar-refractivity contribution in [2.24, 2.45) is 23.5 Å². The molecular weight excluding hydrogens is 228 g/mol. The van der Waals surface area contributed by atoms with Crippen LogP contribution in [0.5, 0.6) is 0 Å². The van der Waals surface area contributed by atoms with Gasteiger partial charge in [-0.15, -0.1) is 0 Å². The Morgan fingerprint density at radius 3 is 2.33 bits per heavy atom. The van der Waals surface area contributed by atoms with Crippen molar-refractivity contribution in [2.45, 2.75) is 58.1 Å². The summed E-state index contributed by atoms with van der Waals surface area (Å²) in [4.78, 5) is 11.6. The first kappa shape index (κ1) is 13.7. The minimum atomic E-state index is -0.419. The van der Waals surface area contributed by atoms with Gasteiger partial charge >= 0.3 is 6.09 Å². The number of nitrogens with two attached hydrogens (primary N) is 1. The molecule has 0 saturated heterocycles. The largest absolute Gasteiger partial charge is 0.444 e. The van der Waals surface area contributed by atoms with Gasteiger partial charge in [-0.3, -0.25) is 0 Å². The predicted octanol–water partition coefficient (Wildman–Crippen LogP) is 2.27. The molecule has 0 aliphatic heterocycles. The molecule has 0 aromatic carbocycles. The Bertz CT molecular complexity index is 297. The van der Waals surface area contributed by atoms with E-state index in [0.717, 1.165) is 19.4 Å². The van der Waals surface area contributed by atoms with E-state index in [1.165, 1.54) is 12.8 Å². The first-order valence-corrected chi connectivity index (χ1v) is 7.07. The summed E-state index contributed by atoms with van der Waals surface area (Å²) in [7, 11) is 0. The van der Waals surface area contributed by atoms with E-state index in [4.69, 9.17) is 10.5 Å². The maximum atomic E-state index is 11.6. The van der Waals surface area contributed by atoms with Crippen LogP contribution >= 0.6 is 0 Å². The Hall–Kier alpha value is -0.770. The average Bonchev–Trinajstić information content (AvgIpc) is 2.50. The SMILES string of the molecule is CC(C)(C)OC(=O)NCC1CC2CCC(C1)C2N. The number of rotatable bonds is 2. The zero-order valence-electron chi connectivity index (χ0n) is 11.7. The fraction of sp³-hybridized carbons (Fsp3) is 0.929. The van der Waals surface area contributed by atoms with E-state index in [2.05, 4.69) is 5.32 Å². The van der Waals surface area contributed by atoms with Crippen LogP contribution in [0.25, 0.3) is 0 Å². The van der Waals surface area contributed by atoms with Crippen LogP contribution in [0.2, 0.25) is 0 Å². The molecule has 2 fully saturated rings. The van der Waals surface area contributed by atoms with Crippen LogP contribution in [-0.4, -0.2) is 24.3 Å². The lowest BCUT2D eigenvalue weighted by atomic mass is 9.78. The fourth-order valence-electron chi connectivity index (χ4n) is 3.41. The van der Waals surface area contributed by atoms with Crippen molar-refractivity contribution in [1.82, 2.24) is 5.32 Å². The maximum absolute atomic E-state index is 11.6. The highest BCUT2D eigenvalue weighted by Crippen LogP contribution is 2.43. The van der Waals surface area contributed by atoms with Gasteiger partial charge in [-0.25, -0.2) is 4.79 Å². The highest BCUT2D eigenvalue weighted by Gasteiger charge is 2.40. The summed E-state index contributed by atoms with van der Waals surface area (Å²) in [6.45, 7) is 6.37. The number of carbonyl (C=O) groups excluding carboxylic acids is 1. The van der Waals surface area contributed by atoms with Crippen molar-refractivity contribution in [1.29, 1.82) is 0 Å². The summed E-state index contributed by atoms with van der Waals surface area (Å²) in [5, 5.41) is 2.89. The predicted molar refractivity (Wildman–Crippen MR) is 71.2 cm³/mol. The molecule has 2 unspecified atom stereocenters. The Kier molecular flexibility index (Phi) is 3.85. The number of amides is 1. The summed E-state index contributed by atoms with van der Waals surface area (Å²) in [5.74, 6) is 1.93. The standard InChI is InChI=1S/C14H26N2O2/c1-14(2,3)18-13(17)16-8-9-6-10-4-5-11(7-9)12(10)15/h9-12H,4-8,15H2,1-3H3,(H,16,17). The first-order chi connectivity index (χ1) is 8.35. The highest BCUT2D eigenvalue weighted by molar-refractivity contribution is 5.67. The van der Waals surface area contributed by atoms with Gasteiger partial charge < -0.3 is 15.8 Å². The first-order valence-electron chi connectivity index (χ1n) is 7.07. The number of hydrogen-bond acceptors (Lipinski definition) is 3. The van der Waals surface area contributed by atoms with Crippen molar-refractivity contribution in [2.75, 3.05) is 6.54 Å². The van der Waals surface area contributed by atoms with Crippen LogP contribution in [0.1, 0.15) is 46.5 Å². The molecule has 1 amide bonds. The van der Waals surface area contributed by atoms with Gasteiger partial charge in [0, 0.05) is 12.6 Å². The van der Waals surface area contributed by atoms with Crippen molar-refractivity contribution in [3.8, 4) is 0 Å². The van der Waals surface area contributed by atoms with Gasteiger partial charge in [0.15, 0.2) is 0 Å². The summed E-state index contributed by atoms with van der Waals surface area (Å²) < 4.78 is 5.24. The van der Waals surface area contributed by atoms with Crippen LogP contribution < -0.4 is 11.1 Å². The number of ether oxygens (including phenoxy) is 1. The summed E-state index contributed by atoms with van der Waals surface area (Å²) >= 11 is 0. The van der Waals surface area contributed by atoms with E-state index in [1.807, 2.05) is 20.8 Å². The molecule has 2 rings (SSSR count). The fourth-order valence-corrected chi connectivity index (χ4v) is 3.41. The van der Waals surface area contributed by atoms with Crippen molar-refractivity contribution in [3.05, 3.63) is 0 Å². The van der Waals surface area contributed by atoms with Crippen molar-refractivity contribution >= 4 is 6.09 Å². The summed E-state index contributed by atoms with van der Waals surface area (Å²) in [5.41, 5.74) is 5.76. The van der Waals surface area contributed by atoms with E-state index < -0.39 is 5.60 Å². The Morgan fingerprint density at radius 2 is 1.83 bits per heavy atom. The van der Waals surface area contributed by atoms with E-state index >= 15 is 0 Å². The Morgan fingerprint density at radius 1 is 1.28 bits per heavy atom. The molecule has 3 N–H and O–H groups in total. The molecule has 2 bridgehead atoms. The van der Waals surface area contributed by atoms with E-state index in [9.17, 15) is 4.79 Å². The molecule has 4 heteroatoms. The normalized spacial score (nSPS) is 35.3. The van der Waals surface area contributed by atoms with Gasteiger partial charge in [-0.05, 0) is 64.2 Å². The monoisotopic (exact) mass is 254 g/mol. The van der Waals surface area contributed by atoms with Crippen LogP contribution in [0.3, 0.4) is 0 Å². The minimum Gasteiger partial charge on any atom is -0.444 e. The molecule has 4 nitrogen and oxygen atoms in total. The van der Waals surface area contributed by atoms with Gasteiger partial charge in [0.2, 0.25) is 0 Å². The molecule has 0 heterocycles. The third-order valence-electron chi connectivity index (χ3n) is 4.20. The van der Waals surface area contributed by atoms with E-state index in [0.29, 0.717) is 23.8 Å². The lowest BCUT2D eigenvalue weighted by Crippen LogP contribution is -2.42. The molecule has 2 aliphatic carbocycles. The molecule has 18 heavy (non-hydrogen) atoms. The van der Waals surface area contributed by atoms with Crippen LogP contribution in [0.4, 0.5) is 4.79 Å². The van der Waals surface area contributed by atoms with Crippen molar-refractivity contribution < 1.29 is 9.53 Å². The van der Waals surface area contributed by atoms with Gasteiger partial charge in [0.05, 0.1) is 0 Å². The molecule has 2 atom stereocenters. The molecule has 104 valence electrons. The maximum Gasteiger partial charge on any atom is 0.407 e. The second kappa shape index (κ2) is 5.08. The molecule has 2 saturated carbocycles. The van der Waals surface area contributed by atoms with Crippen LogP contribution in [-0.2, 0) is 4.74 Å². The third kappa shape index (κ3) is 3.37. The Balaban J connectivity index is 1.74. The quantitative estimate of drug-likeness (QED) is 0.794. The zero-order valence-corrected chi connectivity index (χ0v) is 11.7. The number of hydrogen-bond donors (Lipinski definition) is 2. The van der Waals surface area contributed by atoms with E-state index in [1.54, 1.807) is 0 Å². The molecule has 0 radical (unpaired) electrons. The third-order valence-corrected chi connectivity index (χ3v) is 4.20. The van der Waals surface area contributed by atoms with E-state index in [-0.39, 0.29) is 6.09 Å². The Labute approximate surface area is 110 Å². The summed E-state index contributed by atoms with van der Waals surface area (Å²) in [6.07, 6.45) is 4.56. The van der Waals surface area contributed by atoms with Gasteiger partial charge in [0.1, 0.15) is 5.60 Å². The van der Waals surface area contributed by atoms with Crippen molar-refractivity contribution in [3.63, 3.8) is 0 Å². The smallest absolute Gasteiger partial charge is 0.407 e.